The zero-order chi connectivity index (χ0) is 12.4. The number of hydrogen-bond donors (Lipinski definition) is 1. The Kier molecular flexibility index (Phi) is 5.63. The first-order valence-electron chi connectivity index (χ1n) is 5.89. The maximum atomic E-state index is 12.3. The van der Waals surface area contributed by atoms with E-state index < -0.39 is 0 Å². The van der Waals surface area contributed by atoms with E-state index in [2.05, 4.69) is 15.9 Å². The normalized spacial score (nSPS) is 19.3. The minimum atomic E-state index is 0. The van der Waals surface area contributed by atoms with E-state index in [0.29, 0.717) is 6.54 Å². The number of benzene rings is 1. The van der Waals surface area contributed by atoms with Gasteiger partial charge in [-0.25, -0.2) is 0 Å². The summed E-state index contributed by atoms with van der Waals surface area (Å²) in [6, 6.07) is 5.88. The van der Waals surface area contributed by atoms with Gasteiger partial charge in [0, 0.05) is 29.2 Å². The van der Waals surface area contributed by atoms with Crippen molar-refractivity contribution >= 4 is 34.2 Å². The summed E-state index contributed by atoms with van der Waals surface area (Å²) in [6.07, 6.45) is 2.02. The molecule has 1 atom stereocenters. The number of likely N-dealkylation sites (tertiary alicyclic amines) is 1. The molecule has 1 fully saturated rings. The third kappa shape index (κ3) is 3.46. The zero-order valence-electron chi connectivity index (χ0n) is 10.4. The molecule has 2 N–H and O–H groups in total. The van der Waals surface area contributed by atoms with Gasteiger partial charge in [-0.15, -0.1) is 12.4 Å². The molecule has 100 valence electrons. The second kappa shape index (κ2) is 6.55. The second-order valence-electron chi connectivity index (χ2n) is 4.61. The van der Waals surface area contributed by atoms with Crippen molar-refractivity contribution in [2.75, 3.05) is 13.1 Å². The van der Waals surface area contributed by atoms with E-state index in [4.69, 9.17) is 5.73 Å². The van der Waals surface area contributed by atoms with Crippen molar-refractivity contribution in [1.82, 2.24) is 4.90 Å². The van der Waals surface area contributed by atoms with Crippen LogP contribution in [0, 0.1) is 6.92 Å². The topological polar surface area (TPSA) is 46.3 Å². The molecule has 3 nitrogen and oxygen atoms in total. The van der Waals surface area contributed by atoms with Crippen molar-refractivity contribution < 1.29 is 4.79 Å². The van der Waals surface area contributed by atoms with E-state index in [0.717, 1.165) is 35.0 Å². The quantitative estimate of drug-likeness (QED) is 0.859. The van der Waals surface area contributed by atoms with Crippen LogP contribution < -0.4 is 5.73 Å². The van der Waals surface area contributed by atoms with Crippen molar-refractivity contribution in [3.63, 3.8) is 0 Å². The summed E-state index contributed by atoms with van der Waals surface area (Å²) in [5.41, 5.74) is 7.68. The standard InChI is InChI=1S/C13H17BrN2O.ClH/c1-9-7-10(14)4-5-12(9)13(17)16-6-2-3-11(15)8-16;/h4-5,7,11H,2-3,6,8,15H2,1H3;1H. The lowest BCUT2D eigenvalue weighted by atomic mass is 10.0. The Morgan fingerprint density at radius 2 is 2.22 bits per heavy atom. The van der Waals surface area contributed by atoms with Gasteiger partial charge in [0.05, 0.1) is 0 Å². The molecule has 0 aromatic heterocycles. The predicted octanol–water partition coefficient (Wildman–Crippen LogP) is 2.74. The molecule has 1 saturated heterocycles. The number of hydrogen-bond acceptors (Lipinski definition) is 2. The Balaban J connectivity index is 0.00000162. The van der Waals surface area contributed by atoms with E-state index in [1.54, 1.807) is 0 Å². The lowest BCUT2D eigenvalue weighted by Gasteiger charge is -2.31. The molecule has 1 aliphatic rings. The minimum Gasteiger partial charge on any atom is -0.337 e. The molecule has 0 radical (unpaired) electrons. The smallest absolute Gasteiger partial charge is 0.254 e. The summed E-state index contributed by atoms with van der Waals surface area (Å²) in [5.74, 6) is 0.102. The fraction of sp³-hybridized carbons (Fsp3) is 0.462. The molecule has 1 unspecified atom stereocenters. The highest BCUT2D eigenvalue weighted by Gasteiger charge is 2.23. The lowest BCUT2D eigenvalue weighted by molar-refractivity contribution is 0.0708. The summed E-state index contributed by atoms with van der Waals surface area (Å²) < 4.78 is 1.00. The molecule has 1 aromatic rings. The molecular formula is C13H18BrClN2O. The Morgan fingerprint density at radius 3 is 2.83 bits per heavy atom. The molecule has 2 rings (SSSR count). The van der Waals surface area contributed by atoms with Gasteiger partial charge < -0.3 is 10.6 Å². The van der Waals surface area contributed by atoms with Crippen LogP contribution in [0.4, 0.5) is 0 Å². The minimum absolute atomic E-state index is 0. The first-order valence-corrected chi connectivity index (χ1v) is 6.68. The van der Waals surface area contributed by atoms with Crippen molar-refractivity contribution in [1.29, 1.82) is 0 Å². The molecule has 0 saturated carbocycles. The number of amides is 1. The summed E-state index contributed by atoms with van der Waals surface area (Å²) in [7, 11) is 0. The van der Waals surface area contributed by atoms with Gasteiger partial charge in [-0.2, -0.15) is 0 Å². The Morgan fingerprint density at radius 1 is 1.50 bits per heavy atom. The van der Waals surface area contributed by atoms with Gasteiger partial charge in [-0.05, 0) is 43.5 Å². The van der Waals surface area contributed by atoms with Crippen LogP contribution in [0.15, 0.2) is 22.7 Å². The second-order valence-corrected chi connectivity index (χ2v) is 5.53. The van der Waals surface area contributed by atoms with Crippen molar-refractivity contribution in [2.24, 2.45) is 5.73 Å². The van der Waals surface area contributed by atoms with E-state index in [1.165, 1.54) is 0 Å². The molecule has 0 aliphatic carbocycles. The van der Waals surface area contributed by atoms with Crippen LogP contribution >= 0.6 is 28.3 Å². The Hall–Kier alpha value is -0.580. The number of carbonyl (C=O) groups excluding carboxylic acids is 1. The first-order chi connectivity index (χ1) is 8.08. The summed E-state index contributed by atoms with van der Waals surface area (Å²) >= 11 is 3.41. The van der Waals surface area contributed by atoms with E-state index in [9.17, 15) is 4.79 Å². The third-order valence-electron chi connectivity index (χ3n) is 3.16. The number of rotatable bonds is 1. The van der Waals surface area contributed by atoms with E-state index in [1.807, 2.05) is 30.0 Å². The number of piperidine rings is 1. The first kappa shape index (κ1) is 15.5. The van der Waals surface area contributed by atoms with Gasteiger partial charge in [0.15, 0.2) is 0 Å². The van der Waals surface area contributed by atoms with Crippen molar-refractivity contribution in [2.45, 2.75) is 25.8 Å². The van der Waals surface area contributed by atoms with Crippen LogP contribution in [0.25, 0.3) is 0 Å². The number of nitrogens with two attached hydrogens (primary N) is 1. The van der Waals surface area contributed by atoms with Crippen LogP contribution in [0.5, 0.6) is 0 Å². The molecule has 18 heavy (non-hydrogen) atoms. The number of nitrogens with zero attached hydrogens (tertiary/aromatic N) is 1. The van der Waals surface area contributed by atoms with Crippen LogP contribution in [-0.2, 0) is 0 Å². The van der Waals surface area contributed by atoms with Crippen molar-refractivity contribution in [3.8, 4) is 0 Å². The molecule has 5 heteroatoms. The largest absolute Gasteiger partial charge is 0.337 e. The molecular weight excluding hydrogens is 316 g/mol. The van der Waals surface area contributed by atoms with E-state index in [-0.39, 0.29) is 24.4 Å². The van der Waals surface area contributed by atoms with Crippen LogP contribution in [0.2, 0.25) is 0 Å². The Bertz CT molecular complexity index is 439. The highest BCUT2D eigenvalue weighted by molar-refractivity contribution is 9.10. The van der Waals surface area contributed by atoms with Gasteiger partial charge in [-0.3, -0.25) is 4.79 Å². The molecule has 1 aliphatic heterocycles. The summed E-state index contributed by atoms with van der Waals surface area (Å²) in [5, 5.41) is 0. The number of halogens is 2. The Labute approximate surface area is 122 Å². The maximum absolute atomic E-state index is 12.3. The van der Waals surface area contributed by atoms with Gasteiger partial charge in [-0.1, -0.05) is 15.9 Å². The summed E-state index contributed by atoms with van der Waals surface area (Å²) in [6.45, 7) is 3.46. The molecule has 0 bridgehead atoms. The van der Waals surface area contributed by atoms with Gasteiger partial charge in [0.1, 0.15) is 0 Å². The molecule has 1 aromatic carbocycles. The monoisotopic (exact) mass is 332 g/mol. The fourth-order valence-corrected chi connectivity index (χ4v) is 2.71. The predicted molar refractivity (Wildman–Crippen MR) is 79.2 cm³/mol. The average molecular weight is 334 g/mol. The molecule has 1 heterocycles. The maximum Gasteiger partial charge on any atom is 0.254 e. The molecule has 0 spiro atoms. The third-order valence-corrected chi connectivity index (χ3v) is 3.66. The van der Waals surface area contributed by atoms with Gasteiger partial charge >= 0.3 is 0 Å². The van der Waals surface area contributed by atoms with E-state index >= 15 is 0 Å². The van der Waals surface area contributed by atoms with Crippen molar-refractivity contribution in [3.05, 3.63) is 33.8 Å². The number of carbonyl (C=O) groups is 1. The van der Waals surface area contributed by atoms with Crippen LogP contribution in [0.1, 0.15) is 28.8 Å². The summed E-state index contributed by atoms with van der Waals surface area (Å²) in [4.78, 5) is 14.2. The van der Waals surface area contributed by atoms with Gasteiger partial charge in [0.25, 0.3) is 5.91 Å². The number of aryl methyl sites for hydroxylation is 1. The lowest BCUT2D eigenvalue weighted by Crippen LogP contribution is -2.45. The zero-order valence-corrected chi connectivity index (χ0v) is 12.8. The van der Waals surface area contributed by atoms with Crippen LogP contribution in [-0.4, -0.2) is 29.9 Å². The molecule has 1 amide bonds. The highest BCUT2D eigenvalue weighted by Crippen LogP contribution is 2.19. The van der Waals surface area contributed by atoms with Crippen LogP contribution in [0.3, 0.4) is 0 Å². The average Bonchev–Trinajstić information content (AvgIpc) is 2.28. The SMILES string of the molecule is Cc1cc(Br)ccc1C(=O)N1CCCC(N)C1.Cl. The highest BCUT2D eigenvalue weighted by atomic mass is 79.9. The van der Waals surface area contributed by atoms with Gasteiger partial charge in [0.2, 0.25) is 0 Å². The fourth-order valence-electron chi connectivity index (χ4n) is 2.23.